The van der Waals surface area contributed by atoms with E-state index in [1.54, 1.807) is 17.5 Å². The molecule has 134 valence electrons. The summed E-state index contributed by atoms with van der Waals surface area (Å²) in [5.74, 6) is 0.967. The summed E-state index contributed by atoms with van der Waals surface area (Å²) in [6, 6.07) is 9.81. The molecule has 1 N–H and O–H groups in total. The van der Waals surface area contributed by atoms with E-state index in [1.165, 1.54) is 0 Å². The van der Waals surface area contributed by atoms with Crippen molar-refractivity contribution in [3.05, 3.63) is 53.3 Å². The topological polar surface area (TPSA) is 69.2 Å². The van der Waals surface area contributed by atoms with Crippen molar-refractivity contribution < 1.29 is 9.47 Å². The minimum Gasteiger partial charge on any atom is -0.347 e. The Morgan fingerprint density at radius 2 is 2.08 bits per heavy atom. The zero-order valence-corrected chi connectivity index (χ0v) is 15.7. The Labute approximate surface area is 156 Å². The van der Waals surface area contributed by atoms with E-state index in [4.69, 9.17) is 9.47 Å². The van der Waals surface area contributed by atoms with E-state index < -0.39 is 5.79 Å². The van der Waals surface area contributed by atoms with Crippen LogP contribution in [0.25, 0.3) is 10.6 Å². The van der Waals surface area contributed by atoms with Gasteiger partial charge in [-0.15, -0.1) is 11.3 Å². The minimum atomic E-state index is -0.556. The zero-order chi connectivity index (χ0) is 18.1. The van der Waals surface area contributed by atoms with Crippen LogP contribution in [0.1, 0.15) is 30.5 Å². The molecule has 7 heteroatoms. The van der Waals surface area contributed by atoms with Crippen LogP contribution in [0, 0.1) is 6.92 Å². The number of ether oxygens (including phenoxy) is 2. The summed E-state index contributed by atoms with van der Waals surface area (Å²) >= 11 is 1.58. The van der Waals surface area contributed by atoms with Crippen molar-refractivity contribution in [3.8, 4) is 10.6 Å². The first-order valence-electron chi connectivity index (χ1n) is 8.43. The van der Waals surface area contributed by atoms with Gasteiger partial charge in [-0.3, -0.25) is 0 Å². The molecule has 0 aliphatic carbocycles. The van der Waals surface area contributed by atoms with Crippen LogP contribution >= 0.6 is 11.3 Å². The van der Waals surface area contributed by atoms with Crippen LogP contribution in [0.15, 0.2) is 42.7 Å². The molecule has 6 nitrogen and oxygen atoms in total. The third-order valence-electron chi connectivity index (χ3n) is 3.98. The lowest BCUT2D eigenvalue weighted by Crippen LogP contribution is -2.19. The van der Waals surface area contributed by atoms with Gasteiger partial charge in [0.25, 0.3) is 0 Å². The fraction of sp³-hybridized carbons (Fsp3) is 0.316. The van der Waals surface area contributed by atoms with Crippen molar-refractivity contribution >= 4 is 23.0 Å². The Morgan fingerprint density at radius 3 is 2.85 bits per heavy atom. The van der Waals surface area contributed by atoms with Gasteiger partial charge in [0.1, 0.15) is 22.7 Å². The van der Waals surface area contributed by atoms with Crippen LogP contribution in [0.3, 0.4) is 0 Å². The Morgan fingerprint density at radius 1 is 1.19 bits per heavy atom. The number of pyridine rings is 2. The average Bonchev–Trinajstić information content (AvgIpc) is 3.22. The maximum atomic E-state index is 5.88. The molecule has 0 amide bonds. The summed E-state index contributed by atoms with van der Waals surface area (Å²) in [5.41, 5.74) is 2.01. The summed E-state index contributed by atoms with van der Waals surface area (Å²) in [4.78, 5) is 14.5. The quantitative estimate of drug-likeness (QED) is 0.732. The van der Waals surface area contributed by atoms with Gasteiger partial charge in [0.15, 0.2) is 5.79 Å². The molecule has 0 unspecified atom stereocenters. The molecule has 1 saturated heterocycles. The number of nitrogens with one attached hydrogen (secondary N) is 1. The van der Waals surface area contributed by atoms with Crippen molar-refractivity contribution in [2.75, 3.05) is 11.9 Å². The maximum Gasteiger partial charge on any atom is 0.163 e. The van der Waals surface area contributed by atoms with E-state index in [0.29, 0.717) is 6.61 Å². The normalized spacial score (nSPS) is 18.8. The molecule has 1 aliphatic rings. The lowest BCUT2D eigenvalue weighted by atomic mass is 10.3. The standard InChI is InChI=1S/C19H20N4O2S/c1-12-7-8-20-17(9-12)23-16-6-4-5-13(22-16)15-10-21-18(26-15)14-11-24-19(2,3)25-14/h4-10,14H,11H2,1-3H3,(H,20,22,23)/t14-/m0/s1. The molecule has 26 heavy (non-hydrogen) atoms. The SMILES string of the molecule is Cc1ccnc(Nc2cccc(-c3cnc([C@@H]4COC(C)(C)O4)s3)n2)c1. The van der Waals surface area contributed by atoms with Crippen LogP contribution in [0.2, 0.25) is 0 Å². The minimum absolute atomic E-state index is 0.124. The summed E-state index contributed by atoms with van der Waals surface area (Å²) in [7, 11) is 0. The highest BCUT2D eigenvalue weighted by molar-refractivity contribution is 7.15. The largest absolute Gasteiger partial charge is 0.347 e. The van der Waals surface area contributed by atoms with E-state index in [9.17, 15) is 0 Å². The number of rotatable bonds is 4. The lowest BCUT2D eigenvalue weighted by molar-refractivity contribution is -0.139. The van der Waals surface area contributed by atoms with E-state index in [-0.39, 0.29) is 6.10 Å². The van der Waals surface area contributed by atoms with E-state index in [1.807, 2.05) is 57.3 Å². The van der Waals surface area contributed by atoms with Crippen LogP contribution in [-0.2, 0) is 9.47 Å². The number of anilines is 2. The van der Waals surface area contributed by atoms with Gasteiger partial charge in [-0.05, 0) is 50.6 Å². The Hall–Kier alpha value is -2.35. The Balaban J connectivity index is 1.54. The van der Waals surface area contributed by atoms with Crippen LogP contribution in [-0.4, -0.2) is 27.3 Å². The number of thiazole rings is 1. The monoisotopic (exact) mass is 368 g/mol. The second kappa shape index (κ2) is 6.75. The molecular formula is C19H20N4O2S. The first-order chi connectivity index (χ1) is 12.5. The summed E-state index contributed by atoms with van der Waals surface area (Å²) in [6.45, 7) is 6.38. The van der Waals surface area contributed by atoms with Gasteiger partial charge >= 0.3 is 0 Å². The fourth-order valence-electron chi connectivity index (χ4n) is 2.74. The van der Waals surface area contributed by atoms with Crippen LogP contribution in [0.4, 0.5) is 11.6 Å². The third kappa shape index (κ3) is 3.75. The van der Waals surface area contributed by atoms with Gasteiger partial charge in [-0.2, -0.15) is 0 Å². The van der Waals surface area contributed by atoms with E-state index >= 15 is 0 Å². The number of hydrogen-bond acceptors (Lipinski definition) is 7. The van der Waals surface area contributed by atoms with Gasteiger partial charge in [-0.1, -0.05) is 6.07 Å². The molecule has 3 aromatic heterocycles. The Bertz CT molecular complexity index is 925. The highest BCUT2D eigenvalue weighted by atomic mass is 32.1. The number of aryl methyl sites for hydroxylation is 1. The van der Waals surface area contributed by atoms with Gasteiger partial charge in [0.2, 0.25) is 0 Å². The summed E-state index contributed by atoms with van der Waals surface area (Å²) < 4.78 is 11.5. The molecule has 0 bridgehead atoms. The highest BCUT2D eigenvalue weighted by Gasteiger charge is 2.35. The van der Waals surface area contributed by atoms with Crippen molar-refractivity contribution in [1.29, 1.82) is 0 Å². The highest BCUT2D eigenvalue weighted by Crippen LogP contribution is 2.37. The van der Waals surface area contributed by atoms with Gasteiger partial charge < -0.3 is 14.8 Å². The number of aromatic nitrogens is 3. The summed E-state index contributed by atoms with van der Waals surface area (Å²) in [5, 5.41) is 4.15. The molecule has 4 heterocycles. The molecule has 1 atom stereocenters. The molecular weight excluding hydrogens is 348 g/mol. The lowest BCUT2D eigenvalue weighted by Gasteiger charge is -2.15. The predicted octanol–water partition coefficient (Wildman–Crippen LogP) is 4.48. The average molecular weight is 368 g/mol. The molecule has 1 aliphatic heterocycles. The molecule has 1 fully saturated rings. The number of nitrogens with zero attached hydrogens (tertiary/aromatic N) is 3. The third-order valence-corrected chi connectivity index (χ3v) is 5.09. The summed E-state index contributed by atoms with van der Waals surface area (Å²) in [6.07, 6.45) is 3.50. The molecule has 0 radical (unpaired) electrons. The predicted molar refractivity (Wildman–Crippen MR) is 101 cm³/mol. The van der Waals surface area contributed by atoms with Gasteiger partial charge in [-0.25, -0.2) is 15.0 Å². The Kier molecular flexibility index (Phi) is 4.44. The smallest absolute Gasteiger partial charge is 0.163 e. The van der Waals surface area contributed by atoms with E-state index in [2.05, 4.69) is 20.3 Å². The van der Waals surface area contributed by atoms with Crippen molar-refractivity contribution in [2.24, 2.45) is 0 Å². The fourth-order valence-corrected chi connectivity index (χ4v) is 3.64. The van der Waals surface area contributed by atoms with Crippen molar-refractivity contribution in [1.82, 2.24) is 15.0 Å². The van der Waals surface area contributed by atoms with Crippen molar-refractivity contribution in [2.45, 2.75) is 32.7 Å². The first-order valence-corrected chi connectivity index (χ1v) is 9.25. The van der Waals surface area contributed by atoms with Gasteiger partial charge in [0.05, 0.1) is 17.2 Å². The molecule has 3 aromatic rings. The molecule has 0 saturated carbocycles. The second-order valence-electron chi connectivity index (χ2n) is 6.63. The van der Waals surface area contributed by atoms with Crippen LogP contribution < -0.4 is 5.32 Å². The van der Waals surface area contributed by atoms with Crippen LogP contribution in [0.5, 0.6) is 0 Å². The number of hydrogen-bond donors (Lipinski definition) is 1. The zero-order valence-electron chi connectivity index (χ0n) is 14.9. The molecule has 0 aromatic carbocycles. The molecule has 0 spiro atoms. The van der Waals surface area contributed by atoms with Gasteiger partial charge in [0, 0.05) is 12.4 Å². The second-order valence-corrected chi connectivity index (χ2v) is 7.69. The van der Waals surface area contributed by atoms with E-state index in [0.717, 1.165) is 32.8 Å². The maximum absolute atomic E-state index is 5.88. The molecule has 4 rings (SSSR count). The van der Waals surface area contributed by atoms with Crippen molar-refractivity contribution in [3.63, 3.8) is 0 Å². The first kappa shape index (κ1) is 17.1.